The molecular weight excluding hydrogens is 292 g/mol. The third-order valence-corrected chi connectivity index (χ3v) is 3.52. The molecule has 0 saturated carbocycles. The Kier molecular flexibility index (Phi) is 4.57. The zero-order chi connectivity index (χ0) is 16.1. The van der Waals surface area contributed by atoms with E-state index in [2.05, 4.69) is 10.3 Å². The van der Waals surface area contributed by atoms with Crippen LogP contribution in [-0.2, 0) is 17.6 Å². The van der Waals surface area contributed by atoms with Crippen LogP contribution in [0.3, 0.4) is 0 Å². The van der Waals surface area contributed by atoms with E-state index in [4.69, 9.17) is 9.15 Å². The monoisotopic (exact) mass is 310 g/mol. The highest BCUT2D eigenvalue weighted by Crippen LogP contribution is 2.14. The Balaban J connectivity index is 1.48. The van der Waals surface area contributed by atoms with Crippen LogP contribution in [0.4, 0.5) is 0 Å². The molecule has 3 rings (SSSR count). The third-order valence-electron chi connectivity index (χ3n) is 3.52. The zero-order valence-corrected chi connectivity index (χ0v) is 12.9. The van der Waals surface area contributed by atoms with Crippen molar-refractivity contribution in [1.29, 1.82) is 0 Å². The second-order valence-corrected chi connectivity index (χ2v) is 5.20. The summed E-state index contributed by atoms with van der Waals surface area (Å²) < 4.78 is 10.7. The molecule has 0 bridgehead atoms. The molecule has 0 aliphatic rings. The van der Waals surface area contributed by atoms with Crippen LogP contribution < -0.4 is 10.1 Å². The predicted octanol–water partition coefficient (Wildman–Crippen LogP) is 2.74. The Labute approximate surface area is 134 Å². The maximum absolute atomic E-state index is 11.9. The molecule has 0 atom stereocenters. The summed E-state index contributed by atoms with van der Waals surface area (Å²) in [6, 6.07) is 15.1. The summed E-state index contributed by atoms with van der Waals surface area (Å²) in [5.41, 5.74) is 2.56. The average Bonchev–Trinajstić information content (AvgIpc) is 2.98. The second-order valence-electron chi connectivity index (χ2n) is 5.20. The van der Waals surface area contributed by atoms with E-state index in [1.807, 2.05) is 48.5 Å². The Hall–Kier alpha value is -2.82. The van der Waals surface area contributed by atoms with Gasteiger partial charge in [-0.05, 0) is 29.8 Å². The van der Waals surface area contributed by atoms with E-state index >= 15 is 0 Å². The Morgan fingerprint density at radius 2 is 1.96 bits per heavy atom. The number of amides is 1. The first-order chi connectivity index (χ1) is 11.2. The molecule has 0 unspecified atom stereocenters. The first-order valence-electron chi connectivity index (χ1n) is 7.48. The molecule has 118 valence electrons. The number of hydrogen-bond donors (Lipinski definition) is 1. The number of ether oxygens (including phenoxy) is 1. The van der Waals surface area contributed by atoms with Gasteiger partial charge in [0.1, 0.15) is 11.3 Å². The highest BCUT2D eigenvalue weighted by atomic mass is 16.5. The van der Waals surface area contributed by atoms with Gasteiger partial charge in [0.15, 0.2) is 11.5 Å². The zero-order valence-electron chi connectivity index (χ0n) is 12.9. The van der Waals surface area contributed by atoms with Gasteiger partial charge in [-0.2, -0.15) is 0 Å². The van der Waals surface area contributed by atoms with Crippen molar-refractivity contribution in [2.45, 2.75) is 12.8 Å². The highest BCUT2D eigenvalue weighted by molar-refractivity contribution is 5.78. The van der Waals surface area contributed by atoms with Crippen molar-refractivity contribution in [3.05, 3.63) is 60.0 Å². The molecule has 0 saturated heterocycles. The number of nitrogens with one attached hydrogen (secondary N) is 1. The minimum absolute atomic E-state index is 0.0220. The number of hydrogen-bond acceptors (Lipinski definition) is 4. The maximum Gasteiger partial charge on any atom is 0.224 e. The lowest BCUT2D eigenvalue weighted by Gasteiger charge is -2.05. The molecule has 1 amide bonds. The Bertz CT molecular complexity index is 760. The molecule has 1 aromatic heterocycles. The summed E-state index contributed by atoms with van der Waals surface area (Å²) in [6.45, 7) is 0.502. The topological polar surface area (TPSA) is 64.4 Å². The predicted molar refractivity (Wildman–Crippen MR) is 87.4 cm³/mol. The van der Waals surface area contributed by atoms with Crippen molar-refractivity contribution in [2.24, 2.45) is 0 Å². The fourth-order valence-electron chi connectivity index (χ4n) is 2.33. The van der Waals surface area contributed by atoms with E-state index in [9.17, 15) is 4.79 Å². The Morgan fingerprint density at radius 1 is 1.17 bits per heavy atom. The summed E-state index contributed by atoms with van der Waals surface area (Å²) in [5.74, 6) is 1.40. The fourth-order valence-corrected chi connectivity index (χ4v) is 2.33. The van der Waals surface area contributed by atoms with Crippen molar-refractivity contribution < 1.29 is 13.9 Å². The average molecular weight is 310 g/mol. The number of carbonyl (C=O) groups is 1. The lowest BCUT2D eigenvalue weighted by Crippen LogP contribution is -2.27. The van der Waals surface area contributed by atoms with E-state index < -0.39 is 0 Å². The Morgan fingerprint density at radius 3 is 2.70 bits per heavy atom. The van der Waals surface area contributed by atoms with Crippen molar-refractivity contribution in [3.63, 3.8) is 0 Å². The summed E-state index contributed by atoms with van der Waals surface area (Å²) in [6.07, 6.45) is 0.917. The van der Waals surface area contributed by atoms with Crippen LogP contribution in [0.1, 0.15) is 11.5 Å². The van der Waals surface area contributed by atoms with Gasteiger partial charge in [0.25, 0.3) is 0 Å². The number of rotatable bonds is 6. The van der Waals surface area contributed by atoms with Gasteiger partial charge in [0, 0.05) is 13.0 Å². The second kappa shape index (κ2) is 6.96. The van der Waals surface area contributed by atoms with Crippen molar-refractivity contribution >= 4 is 17.0 Å². The molecule has 0 spiro atoms. The number of para-hydroxylation sites is 2. The maximum atomic E-state index is 11.9. The smallest absolute Gasteiger partial charge is 0.224 e. The number of carbonyl (C=O) groups excluding carboxylic acids is 1. The van der Waals surface area contributed by atoms with E-state index in [1.165, 1.54) is 0 Å². The summed E-state index contributed by atoms with van der Waals surface area (Å²) in [7, 11) is 1.62. The van der Waals surface area contributed by atoms with Crippen LogP contribution in [0.5, 0.6) is 5.75 Å². The molecule has 0 aliphatic carbocycles. The molecule has 5 nitrogen and oxygen atoms in total. The van der Waals surface area contributed by atoms with Gasteiger partial charge in [-0.25, -0.2) is 4.98 Å². The lowest BCUT2D eigenvalue weighted by molar-refractivity contribution is -0.120. The third kappa shape index (κ3) is 3.88. The van der Waals surface area contributed by atoms with Gasteiger partial charge in [0.2, 0.25) is 5.91 Å². The quantitative estimate of drug-likeness (QED) is 0.760. The molecule has 0 aliphatic heterocycles. The van der Waals surface area contributed by atoms with Crippen LogP contribution >= 0.6 is 0 Å². The fraction of sp³-hybridized carbons (Fsp3) is 0.222. The van der Waals surface area contributed by atoms with E-state index in [0.29, 0.717) is 25.3 Å². The normalized spacial score (nSPS) is 10.7. The molecule has 5 heteroatoms. The minimum Gasteiger partial charge on any atom is -0.497 e. The number of aromatic nitrogens is 1. The van der Waals surface area contributed by atoms with Crippen molar-refractivity contribution in [3.8, 4) is 5.75 Å². The molecule has 1 heterocycles. The highest BCUT2D eigenvalue weighted by Gasteiger charge is 2.07. The molecular formula is C18H18N2O3. The van der Waals surface area contributed by atoms with Crippen molar-refractivity contribution in [2.75, 3.05) is 13.7 Å². The van der Waals surface area contributed by atoms with Gasteiger partial charge < -0.3 is 14.5 Å². The first-order valence-corrected chi connectivity index (χ1v) is 7.48. The standard InChI is InChI=1S/C18H18N2O3/c1-22-14-8-6-13(7-9-14)12-17(21)19-11-10-18-20-15-4-2-3-5-16(15)23-18/h2-9H,10-12H2,1H3,(H,19,21). The van der Waals surface area contributed by atoms with Gasteiger partial charge in [-0.15, -0.1) is 0 Å². The molecule has 3 aromatic rings. The van der Waals surface area contributed by atoms with Gasteiger partial charge in [0.05, 0.1) is 13.5 Å². The number of fused-ring (bicyclic) bond motifs is 1. The van der Waals surface area contributed by atoms with Crippen LogP contribution in [0.25, 0.3) is 11.1 Å². The molecule has 23 heavy (non-hydrogen) atoms. The molecule has 0 radical (unpaired) electrons. The van der Waals surface area contributed by atoms with E-state index in [0.717, 1.165) is 22.4 Å². The molecule has 1 N–H and O–H groups in total. The first kappa shape index (κ1) is 15.1. The van der Waals surface area contributed by atoms with Crippen LogP contribution in [0.2, 0.25) is 0 Å². The van der Waals surface area contributed by atoms with Gasteiger partial charge in [-0.1, -0.05) is 24.3 Å². The number of benzene rings is 2. The minimum atomic E-state index is -0.0220. The number of nitrogens with zero attached hydrogens (tertiary/aromatic N) is 1. The van der Waals surface area contributed by atoms with E-state index in [1.54, 1.807) is 7.11 Å². The van der Waals surface area contributed by atoms with Crippen LogP contribution in [0, 0.1) is 0 Å². The van der Waals surface area contributed by atoms with E-state index in [-0.39, 0.29) is 5.91 Å². The van der Waals surface area contributed by atoms with Gasteiger partial charge >= 0.3 is 0 Å². The summed E-state index contributed by atoms with van der Waals surface area (Å²) >= 11 is 0. The number of methoxy groups -OCH3 is 1. The van der Waals surface area contributed by atoms with Gasteiger partial charge in [-0.3, -0.25) is 4.79 Å². The molecule has 0 fully saturated rings. The van der Waals surface area contributed by atoms with Crippen LogP contribution in [-0.4, -0.2) is 24.5 Å². The summed E-state index contributed by atoms with van der Waals surface area (Å²) in [5, 5.41) is 2.88. The lowest BCUT2D eigenvalue weighted by atomic mass is 10.1. The van der Waals surface area contributed by atoms with Crippen molar-refractivity contribution in [1.82, 2.24) is 10.3 Å². The molecule has 2 aromatic carbocycles. The SMILES string of the molecule is COc1ccc(CC(=O)NCCc2nc3ccccc3o2)cc1. The van der Waals surface area contributed by atoms with Crippen LogP contribution in [0.15, 0.2) is 52.9 Å². The largest absolute Gasteiger partial charge is 0.497 e. The number of oxazole rings is 1. The summed E-state index contributed by atoms with van der Waals surface area (Å²) in [4.78, 5) is 16.3.